The molecular weight excluding hydrogens is 394 g/mol. The maximum absolute atomic E-state index is 13.3. The lowest BCUT2D eigenvalue weighted by atomic mass is 9.93. The number of hydrogen-bond donors (Lipinski definition) is 1. The van der Waals surface area contributed by atoms with Gasteiger partial charge in [0.1, 0.15) is 11.5 Å². The van der Waals surface area contributed by atoms with Crippen LogP contribution in [0, 0.1) is 0 Å². The monoisotopic (exact) mass is 415 g/mol. The maximum atomic E-state index is 13.3. The normalized spacial score (nSPS) is 15.7. The summed E-state index contributed by atoms with van der Waals surface area (Å²) in [6.45, 7) is 0.520. The number of aryl methyl sites for hydroxylation is 1. The average molecular weight is 415 g/mol. The molecule has 0 radical (unpaired) electrons. The summed E-state index contributed by atoms with van der Waals surface area (Å²) in [7, 11) is 7.04. The molecule has 3 heterocycles. The lowest BCUT2D eigenvalue weighted by Gasteiger charge is -2.12. The maximum Gasteiger partial charge on any atom is 0.254 e. The highest BCUT2D eigenvalue weighted by Gasteiger charge is 2.36. The molecule has 2 aromatic carbocycles. The third-order valence-electron chi connectivity index (χ3n) is 6.67. The van der Waals surface area contributed by atoms with Crippen LogP contribution in [0.2, 0.25) is 0 Å². The summed E-state index contributed by atoms with van der Waals surface area (Å²) >= 11 is 0. The number of aromatic nitrogens is 2. The van der Waals surface area contributed by atoms with Gasteiger partial charge in [0.05, 0.1) is 42.9 Å². The van der Waals surface area contributed by atoms with Crippen LogP contribution in [-0.2, 0) is 18.3 Å². The average Bonchev–Trinajstić information content (AvgIpc) is 3.38. The van der Waals surface area contributed by atoms with Gasteiger partial charge in [-0.15, -0.1) is 0 Å². The molecule has 31 heavy (non-hydrogen) atoms. The van der Waals surface area contributed by atoms with Crippen molar-refractivity contribution in [2.24, 2.45) is 7.05 Å². The number of aromatic amines is 1. The van der Waals surface area contributed by atoms with E-state index >= 15 is 0 Å². The first-order valence-electron chi connectivity index (χ1n) is 10.1. The summed E-state index contributed by atoms with van der Waals surface area (Å²) in [5.41, 5.74) is 5.76. The molecule has 0 spiro atoms. The molecule has 6 rings (SSSR count). The number of allylic oxidation sites excluding steroid dienone is 1. The van der Waals surface area contributed by atoms with Crippen molar-refractivity contribution in [1.82, 2.24) is 14.5 Å². The van der Waals surface area contributed by atoms with Gasteiger partial charge in [-0.2, -0.15) is 0 Å². The van der Waals surface area contributed by atoms with Crippen LogP contribution < -0.4 is 4.74 Å². The minimum absolute atomic E-state index is 0.0333. The number of ketones is 1. The van der Waals surface area contributed by atoms with Gasteiger partial charge in [0.25, 0.3) is 5.91 Å². The number of H-pyrrole nitrogens is 1. The van der Waals surface area contributed by atoms with Crippen LogP contribution in [0.15, 0.2) is 24.0 Å². The Morgan fingerprint density at radius 2 is 1.87 bits per heavy atom. The zero-order chi connectivity index (χ0) is 21.6. The number of benzene rings is 2. The number of carbonyl (C=O) groups excluding carboxylic acids is 2. The number of methoxy groups -OCH3 is 2. The van der Waals surface area contributed by atoms with E-state index in [1.165, 1.54) is 0 Å². The van der Waals surface area contributed by atoms with Gasteiger partial charge in [-0.05, 0) is 29.8 Å². The summed E-state index contributed by atoms with van der Waals surface area (Å²) in [5.74, 6) is 1.30. The zero-order valence-electron chi connectivity index (χ0n) is 17.8. The molecule has 1 aliphatic carbocycles. The highest BCUT2D eigenvalue weighted by atomic mass is 16.5. The number of nitrogens with one attached hydrogen (secondary N) is 1. The molecule has 1 amide bonds. The Morgan fingerprint density at radius 1 is 1.06 bits per heavy atom. The topological polar surface area (TPSA) is 76.6 Å². The Morgan fingerprint density at radius 3 is 2.61 bits per heavy atom. The minimum atomic E-state index is -0.0355. The molecule has 0 unspecified atom stereocenters. The second kappa shape index (κ2) is 5.91. The number of rotatable bonds is 2. The van der Waals surface area contributed by atoms with Gasteiger partial charge in [0.2, 0.25) is 0 Å². The summed E-state index contributed by atoms with van der Waals surface area (Å²) in [5, 5.41) is 2.86. The van der Waals surface area contributed by atoms with Crippen LogP contribution in [0.1, 0.15) is 38.4 Å². The number of ether oxygens (including phenoxy) is 2. The molecule has 4 aromatic rings. The number of amides is 1. The van der Waals surface area contributed by atoms with E-state index in [9.17, 15) is 9.59 Å². The SMILES string of the molecule is COC1=Cc2c([nH]c3c2c2c(c4c5cc(OC)ccc5n(C)c34)CN(C)C2=O)C(=O)C1. The quantitative estimate of drug-likeness (QED) is 0.537. The molecule has 0 fully saturated rings. The molecule has 2 aromatic heterocycles. The molecule has 7 heteroatoms. The van der Waals surface area contributed by atoms with Crippen LogP contribution >= 0.6 is 0 Å². The van der Waals surface area contributed by atoms with E-state index in [2.05, 4.69) is 9.55 Å². The molecule has 0 bridgehead atoms. The van der Waals surface area contributed by atoms with E-state index in [4.69, 9.17) is 9.47 Å². The van der Waals surface area contributed by atoms with Crippen molar-refractivity contribution >= 4 is 50.5 Å². The van der Waals surface area contributed by atoms with Gasteiger partial charge in [-0.25, -0.2) is 0 Å². The zero-order valence-corrected chi connectivity index (χ0v) is 17.8. The van der Waals surface area contributed by atoms with E-state index in [1.54, 1.807) is 19.1 Å². The Bertz CT molecular complexity index is 1520. The first-order chi connectivity index (χ1) is 14.9. The third-order valence-corrected chi connectivity index (χ3v) is 6.67. The van der Waals surface area contributed by atoms with E-state index in [0.29, 0.717) is 23.6 Å². The predicted molar refractivity (Wildman–Crippen MR) is 119 cm³/mol. The summed E-state index contributed by atoms with van der Waals surface area (Å²) in [6, 6.07) is 5.99. The number of hydrogen-bond acceptors (Lipinski definition) is 4. The van der Waals surface area contributed by atoms with Crippen LogP contribution in [0.25, 0.3) is 38.8 Å². The fraction of sp³-hybridized carbons (Fsp3) is 0.250. The van der Waals surface area contributed by atoms with Crippen molar-refractivity contribution in [1.29, 1.82) is 0 Å². The van der Waals surface area contributed by atoms with E-state index in [-0.39, 0.29) is 18.1 Å². The first-order valence-corrected chi connectivity index (χ1v) is 10.1. The number of fused-ring (bicyclic) bond motifs is 10. The van der Waals surface area contributed by atoms with Gasteiger partial charge in [0.15, 0.2) is 5.78 Å². The second-order valence-corrected chi connectivity index (χ2v) is 8.26. The Hall–Kier alpha value is -3.74. The van der Waals surface area contributed by atoms with Crippen molar-refractivity contribution in [2.45, 2.75) is 13.0 Å². The Labute approximate surface area is 177 Å². The highest BCUT2D eigenvalue weighted by molar-refractivity contribution is 6.28. The number of carbonyl (C=O) groups is 2. The van der Waals surface area contributed by atoms with Crippen LogP contribution in [0.4, 0.5) is 0 Å². The predicted octanol–water partition coefficient (Wildman–Crippen LogP) is 3.98. The molecule has 1 N–H and O–H groups in total. The molecule has 156 valence electrons. The largest absolute Gasteiger partial charge is 0.501 e. The van der Waals surface area contributed by atoms with Crippen molar-refractivity contribution in [3.8, 4) is 5.75 Å². The van der Waals surface area contributed by atoms with Gasteiger partial charge < -0.3 is 23.9 Å². The molecule has 0 saturated heterocycles. The first kappa shape index (κ1) is 18.1. The molecule has 1 aliphatic heterocycles. The summed E-state index contributed by atoms with van der Waals surface area (Å²) in [6.07, 6.45) is 2.10. The smallest absolute Gasteiger partial charge is 0.254 e. The summed E-state index contributed by atoms with van der Waals surface area (Å²) < 4.78 is 13.0. The standard InChI is InChI=1S/C24H21N3O4/c1-26-10-15-18-13-7-11(30-3)5-6-16(13)27(2)23(18)22-19(20(15)24(26)29)14-8-12(31-4)9-17(28)21(14)25-22/h5-8,25H,9-10H2,1-4H3. The fourth-order valence-electron chi connectivity index (χ4n) is 5.22. The molecule has 0 atom stereocenters. The van der Waals surface area contributed by atoms with E-state index in [1.807, 2.05) is 38.4 Å². The van der Waals surface area contributed by atoms with Crippen molar-refractivity contribution in [3.05, 3.63) is 46.3 Å². The molecular formula is C24H21N3O4. The fourth-order valence-corrected chi connectivity index (χ4v) is 5.22. The number of Topliss-reactive ketones (excluding diaryl/α,β-unsaturated/α-hetero) is 1. The summed E-state index contributed by atoms with van der Waals surface area (Å²) in [4.78, 5) is 31.3. The Balaban J connectivity index is 1.89. The molecule has 0 saturated carbocycles. The lowest BCUT2D eigenvalue weighted by Crippen LogP contribution is -2.17. The second-order valence-electron chi connectivity index (χ2n) is 8.26. The van der Waals surface area contributed by atoms with Crippen molar-refractivity contribution in [2.75, 3.05) is 21.3 Å². The third kappa shape index (κ3) is 2.13. The molecule has 2 aliphatic rings. The van der Waals surface area contributed by atoms with Crippen LogP contribution in [0.5, 0.6) is 5.75 Å². The van der Waals surface area contributed by atoms with Gasteiger partial charge >= 0.3 is 0 Å². The van der Waals surface area contributed by atoms with Crippen LogP contribution in [0.3, 0.4) is 0 Å². The van der Waals surface area contributed by atoms with Crippen molar-refractivity contribution in [3.63, 3.8) is 0 Å². The van der Waals surface area contributed by atoms with E-state index < -0.39 is 0 Å². The minimum Gasteiger partial charge on any atom is -0.501 e. The van der Waals surface area contributed by atoms with Gasteiger partial charge in [-0.1, -0.05) is 0 Å². The van der Waals surface area contributed by atoms with Gasteiger partial charge in [0, 0.05) is 47.9 Å². The van der Waals surface area contributed by atoms with E-state index in [0.717, 1.165) is 49.6 Å². The highest BCUT2D eigenvalue weighted by Crippen LogP contribution is 2.45. The van der Waals surface area contributed by atoms with Crippen molar-refractivity contribution < 1.29 is 19.1 Å². The van der Waals surface area contributed by atoms with Crippen LogP contribution in [-0.4, -0.2) is 47.4 Å². The molecule has 7 nitrogen and oxygen atoms in total. The number of nitrogens with zero attached hydrogens (tertiary/aromatic N) is 2. The van der Waals surface area contributed by atoms with Gasteiger partial charge in [-0.3, -0.25) is 9.59 Å². The Kier molecular flexibility index (Phi) is 3.44. The lowest BCUT2D eigenvalue weighted by molar-refractivity contribution is 0.0817.